The molecule has 0 radical (unpaired) electrons. The molecule has 0 saturated carbocycles. The molecule has 2 aromatic rings. The lowest BCUT2D eigenvalue weighted by Gasteiger charge is -2.37. The zero-order chi connectivity index (χ0) is 20.1. The van der Waals surface area contributed by atoms with E-state index in [4.69, 9.17) is 11.6 Å². The largest absolute Gasteiger partial charge is 0.346 e. The molecule has 3 rings (SSSR count). The number of halogens is 2. The predicted octanol–water partition coefficient (Wildman–Crippen LogP) is 2.58. The van der Waals surface area contributed by atoms with E-state index in [2.05, 4.69) is 32.9 Å². The van der Waals surface area contributed by atoms with Crippen molar-refractivity contribution in [2.75, 3.05) is 45.1 Å². The van der Waals surface area contributed by atoms with Gasteiger partial charge in [-0.1, -0.05) is 11.6 Å². The SMILES string of the molecule is CN1CCN([C@@H](CNC(=O)C(=O)Nc2ccc(F)c(Cl)c2)c2ccsc2)CC1. The molecular weight excluding hydrogens is 403 g/mol. The Labute approximate surface area is 172 Å². The van der Waals surface area contributed by atoms with Crippen LogP contribution in [0.1, 0.15) is 11.6 Å². The highest BCUT2D eigenvalue weighted by Gasteiger charge is 2.25. The van der Waals surface area contributed by atoms with Gasteiger partial charge in [-0.2, -0.15) is 11.3 Å². The molecule has 2 amide bonds. The molecule has 0 bridgehead atoms. The molecule has 2 heterocycles. The summed E-state index contributed by atoms with van der Waals surface area (Å²) in [7, 11) is 2.09. The number of thiophene rings is 1. The van der Waals surface area contributed by atoms with Crippen LogP contribution in [-0.4, -0.2) is 61.4 Å². The number of hydrogen-bond acceptors (Lipinski definition) is 5. The molecule has 1 aliphatic rings. The van der Waals surface area contributed by atoms with E-state index in [0.29, 0.717) is 6.54 Å². The van der Waals surface area contributed by atoms with E-state index in [1.165, 1.54) is 12.1 Å². The van der Waals surface area contributed by atoms with Crippen molar-refractivity contribution < 1.29 is 14.0 Å². The number of nitrogens with one attached hydrogen (secondary N) is 2. The fourth-order valence-electron chi connectivity index (χ4n) is 3.09. The van der Waals surface area contributed by atoms with E-state index in [0.717, 1.165) is 37.8 Å². The monoisotopic (exact) mass is 424 g/mol. The Morgan fingerprint density at radius 1 is 1.21 bits per heavy atom. The molecule has 0 spiro atoms. The molecular formula is C19H22ClFN4O2S. The van der Waals surface area contributed by atoms with Crippen molar-refractivity contribution in [3.8, 4) is 0 Å². The van der Waals surface area contributed by atoms with E-state index in [9.17, 15) is 14.0 Å². The highest BCUT2D eigenvalue weighted by atomic mass is 35.5. The van der Waals surface area contributed by atoms with E-state index in [1.54, 1.807) is 11.3 Å². The van der Waals surface area contributed by atoms with Gasteiger partial charge >= 0.3 is 11.8 Å². The lowest BCUT2D eigenvalue weighted by molar-refractivity contribution is -0.136. The van der Waals surface area contributed by atoms with Gasteiger partial charge in [0.25, 0.3) is 0 Å². The quantitative estimate of drug-likeness (QED) is 0.724. The minimum absolute atomic E-state index is 0.0111. The third-order valence-electron chi connectivity index (χ3n) is 4.75. The number of piperazine rings is 1. The number of rotatable bonds is 5. The molecule has 6 nitrogen and oxygen atoms in total. The van der Waals surface area contributed by atoms with Crippen LogP contribution < -0.4 is 10.6 Å². The maximum Gasteiger partial charge on any atom is 0.313 e. The fourth-order valence-corrected chi connectivity index (χ4v) is 3.97. The standard InChI is InChI=1S/C19H22ClFN4O2S/c1-24-5-7-25(8-6-24)17(13-4-9-28-12-13)11-22-18(26)19(27)23-14-2-3-16(21)15(20)10-14/h2-4,9-10,12,17H,5-8,11H2,1H3,(H,22,26)(H,23,27)/t17-/m0/s1. The van der Waals surface area contributed by atoms with E-state index < -0.39 is 17.6 Å². The van der Waals surface area contributed by atoms with Gasteiger partial charge in [0.1, 0.15) is 5.82 Å². The molecule has 1 saturated heterocycles. The van der Waals surface area contributed by atoms with Gasteiger partial charge in [0, 0.05) is 38.4 Å². The average Bonchev–Trinajstić information content (AvgIpc) is 3.20. The van der Waals surface area contributed by atoms with Crippen molar-refractivity contribution in [2.45, 2.75) is 6.04 Å². The van der Waals surface area contributed by atoms with E-state index >= 15 is 0 Å². The van der Waals surface area contributed by atoms with Gasteiger partial charge in [-0.15, -0.1) is 0 Å². The number of likely N-dealkylation sites (N-methyl/N-ethyl adjacent to an activating group) is 1. The Morgan fingerprint density at radius 3 is 2.61 bits per heavy atom. The number of carbonyl (C=O) groups excluding carboxylic acids is 2. The van der Waals surface area contributed by atoms with E-state index in [1.807, 2.05) is 11.4 Å². The van der Waals surface area contributed by atoms with Gasteiger partial charge in [-0.3, -0.25) is 14.5 Å². The van der Waals surface area contributed by atoms with Gasteiger partial charge in [-0.05, 0) is 47.6 Å². The molecule has 2 N–H and O–H groups in total. The van der Waals surface area contributed by atoms with Gasteiger partial charge in [0.2, 0.25) is 0 Å². The van der Waals surface area contributed by atoms with Gasteiger partial charge in [0.15, 0.2) is 0 Å². The molecule has 150 valence electrons. The zero-order valence-electron chi connectivity index (χ0n) is 15.5. The van der Waals surface area contributed by atoms with Gasteiger partial charge in [-0.25, -0.2) is 4.39 Å². The number of amides is 2. The first kappa shape index (κ1) is 20.7. The summed E-state index contributed by atoms with van der Waals surface area (Å²) >= 11 is 7.30. The molecule has 0 aliphatic carbocycles. The zero-order valence-corrected chi connectivity index (χ0v) is 17.0. The van der Waals surface area contributed by atoms with Crippen LogP contribution in [0.2, 0.25) is 5.02 Å². The Bertz CT molecular complexity index is 825. The Balaban J connectivity index is 1.59. The molecule has 9 heteroatoms. The highest BCUT2D eigenvalue weighted by molar-refractivity contribution is 7.08. The summed E-state index contributed by atoms with van der Waals surface area (Å²) in [5.74, 6) is -2.14. The van der Waals surface area contributed by atoms with Crippen LogP contribution in [0.25, 0.3) is 0 Å². The second-order valence-electron chi connectivity index (χ2n) is 6.70. The second kappa shape index (κ2) is 9.47. The van der Waals surface area contributed by atoms with Crippen molar-refractivity contribution in [2.24, 2.45) is 0 Å². The summed E-state index contributed by atoms with van der Waals surface area (Å²) in [6.45, 7) is 4.04. The minimum Gasteiger partial charge on any atom is -0.346 e. The summed E-state index contributed by atoms with van der Waals surface area (Å²) in [4.78, 5) is 29.0. The first-order chi connectivity index (χ1) is 13.4. The van der Waals surface area contributed by atoms with Crippen LogP contribution in [0.5, 0.6) is 0 Å². The summed E-state index contributed by atoms with van der Waals surface area (Å²) in [5.41, 5.74) is 1.39. The average molecular weight is 425 g/mol. The molecule has 0 unspecified atom stereocenters. The maximum atomic E-state index is 13.2. The van der Waals surface area contributed by atoms with Gasteiger partial charge < -0.3 is 15.5 Å². The number of anilines is 1. The normalized spacial score (nSPS) is 16.5. The van der Waals surface area contributed by atoms with Crippen LogP contribution in [-0.2, 0) is 9.59 Å². The molecule has 1 fully saturated rings. The number of hydrogen-bond donors (Lipinski definition) is 2. The molecule has 1 atom stereocenters. The summed E-state index contributed by atoms with van der Waals surface area (Å²) in [6.07, 6.45) is 0. The van der Waals surface area contributed by atoms with Crippen molar-refractivity contribution >= 4 is 40.4 Å². The lowest BCUT2D eigenvalue weighted by atomic mass is 10.1. The van der Waals surface area contributed by atoms with Crippen molar-refractivity contribution in [1.82, 2.24) is 15.1 Å². The summed E-state index contributed by atoms with van der Waals surface area (Å²) < 4.78 is 13.2. The number of benzene rings is 1. The fraction of sp³-hybridized carbons (Fsp3) is 0.368. The smallest absolute Gasteiger partial charge is 0.313 e. The van der Waals surface area contributed by atoms with Crippen LogP contribution in [0.4, 0.5) is 10.1 Å². The first-order valence-corrected chi connectivity index (χ1v) is 10.2. The molecule has 1 aromatic carbocycles. The van der Waals surface area contributed by atoms with Crippen LogP contribution in [0, 0.1) is 5.82 Å². The number of nitrogens with zero attached hydrogens (tertiary/aromatic N) is 2. The molecule has 1 aliphatic heterocycles. The molecule has 1 aromatic heterocycles. The van der Waals surface area contributed by atoms with Crippen LogP contribution >= 0.6 is 22.9 Å². The third-order valence-corrected chi connectivity index (χ3v) is 5.74. The summed E-state index contributed by atoms with van der Waals surface area (Å²) in [5, 5.41) is 9.10. The second-order valence-corrected chi connectivity index (χ2v) is 7.89. The van der Waals surface area contributed by atoms with E-state index in [-0.39, 0.29) is 16.8 Å². The van der Waals surface area contributed by atoms with Crippen molar-refractivity contribution in [1.29, 1.82) is 0 Å². The molecule has 28 heavy (non-hydrogen) atoms. The Hall–Kier alpha value is -2.00. The lowest BCUT2D eigenvalue weighted by Crippen LogP contribution is -2.49. The third kappa shape index (κ3) is 5.29. The van der Waals surface area contributed by atoms with Crippen LogP contribution in [0.15, 0.2) is 35.0 Å². The maximum absolute atomic E-state index is 13.2. The Kier molecular flexibility index (Phi) is 7.01. The van der Waals surface area contributed by atoms with Crippen molar-refractivity contribution in [3.63, 3.8) is 0 Å². The predicted molar refractivity (Wildman–Crippen MR) is 109 cm³/mol. The minimum atomic E-state index is -0.815. The van der Waals surface area contributed by atoms with Gasteiger partial charge in [0.05, 0.1) is 11.1 Å². The topological polar surface area (TPSA) is 64.7 Å². The Morgan fingerprint density at radius 2 is 1.96 bits per heavy atom. The number of carbonyl (C=O) groups is 2. The summed E-state index contributed by atoms with van der Waals surface area (Å²) in [6, 6.07) is 5.80. The van der Waals surface area contributed by atoms with Crippen LogP contribution in [0.3, 0.4) is 0 Å². The highest BCUT2D eigenvalue weighted by Crippen LogP contribution is 2.24. The van der Waals surface area contributed by atoms with Crippen molar-refractivity contribution in [3.05, 3.63) is 51.4 Å². The first-order valence-electron chi connectivity index (χ1n) is 8.93.